The Bertz CT molecular complexity index is 462. The van der Waals surface area contributed by atoms with E-state index in [1.165, 1.54) is 0 Å². The highest BCUT2D eigenvalue weighted by Gasteiger charge is 2.32. The zero-order valence-electron chi connectivity index (χ0n) is 11.5. The van der Waals surface area contributed by atoms with E-state index in [2.05, 4.69) is 5.32 Å². The molecule has 0 aliphatic heterocycles. The first-order valence-corrected chi connectivity index (χ1v) is 7.32. The van der Waals surface area contributed by atoms with Crippen LogP contribution in [0.5, 0.6) is 5.75 Å². The predicted molar refractivity (Wildman–Crippen MR) is 77.9 cm³/mol. The van der Waals surface area contributed by atoms with Gasteiger partial charge in [-0.3, -0.25) is 4.79 Å². The zero-order chi connectivity index (χ0) is 14.5. The van der Waals surface area contributed by atoms with E-state index in [-0.39, 0.29) is 18.6 Å². The minimum absolute atomic E-state index is 0.0461. The molecular formula is C15H20ClNO3. The van der Waals surface area contributed by atoms with E-state index in [4.69, 9.17) is 21.4 Å². The molecule has 2 N–H and O–H groups in total. The molecule has 1 amide bonds. The van der Waals surface area contributed by atoms with Crippen LogP contribution in [0, 0.1) is 5.92 Å². The Kier molecular flexibility index (Phi) is 5.26. The normalized spacial score (nSPS) is 17.4. The largest absolute Gasteiger partial charge is 0.479 e. The molecule has 1 aromatic rings. The zero-order valence-corrected chi connectivity index (χ0v) is 12.3. The van der Waals surface area contributed by atoms with Crippen LogP contribution in [0.1, 0.15) is 26.2 Å². The maximum atomic E-state index is 12.1. The Morgan fingerprint density at radius 3 is 2.80 bits per heavy atom. The smallest absolute Gasteiger partial charge is 0.261 e. The van der Waals surface area contributed by atoms with Crippen molar-refractivity contribution in [2.75, 3.05) is 6.61 Å². The van der Waals surface area contributed by atoms with E-state index in [1.54, 1.807) is 19.1 Å². The van der Waals surface area contributed by atoms with Gasteiger partial charge in [0.25, 0.3) is 5.91 Å². The minimum Gasteiger partial charge on any atom is -0.479 e. The van der Waals surface area contributed by atoms with E-state index >= 15 is 0 Å². The Labute approximate surface area is 124 Å². The van der Waals surface area contributed by atoms with Gasteiger partial charge in [-0.2, -0.15) is 0 Å². The number of aliphatic hydroxyl groups is 1. The van der Waals surface area contributed by atoms with Crippen LogP contribution in [0.15, 0.2) is 24.3 Å². The SMILES string of the molecule is CC(Oc1ccccc1Cl)C(=O)NC(CCO)C1CC1. The summed E-state index contributed by atoms with van der Waals surface area (Å²) in [6.07, 6.45) is 2.21. The third-order valence-electron chi connectivity index (χ3n) is 3.47. The van der Waals surface area contributed by atoms with Crippen molar-refractivity contribution in [3.63, 3.8) is 0 Å². The Balaban J connectivity index is 1.89. The van der Waals surface area contributed by atoms with Gasteiger partial charge in [-0.15, -0.1) is 0 Å². The summed E-state index contributed by atoms with van der Waals surface area (Å²) in [7, 11) is 0. The maximum absolute atomic E-state index is 12.1. The fourth-order valence-electron chi connectivity index (χ4n) is 2.15. The Morgan fingerprint density at radius 2 is 2.20 bits per heavy atom. The first-order valence-electron chi connectivity index (χ1n) is 6.94. The third-order valence-corrected chi connectivity index (χ3v) is 3.78. The molecule has 0 saturated heterocycles. The number of halogens is 1. The van der Waals surface area contributed by atoms with Crippen LogP contribution < -0.4 is 10.1 Å². The summed E-state index contributed by atoms with van der Waals surface area (Å²) in [4.78, 5) is 12.1. The summed E-state index contributed by atoms with van der Waals surface area (Å²) in [6.45, 7) is 1.78. The number of benzene rings is 1. The second-order valence-corrected chi connectivity index (χ2v) is 5.56. The molecule has 4 nitrogen and oxygen atoms in total. The van der Waals surface area contributed by atoms with Crippen LogP contribution in [-0.2, 0) is 4.79 Å². The number of hydrogen-bond donors (Lipinski definition) is 2. The number of hydrogen-bond acceptors (Lipinski definition) is 3. The lowest BCUT2D eigenvalue weighted by molar-refractivity contribution is -0.128. The second kappa shape index (κ2) is 6.95. The van der Waals surface area contributed by atoms with Crippen LogP contribution in [0.2, 0.25) is 5.02 Å². The highest BCUT2D eigenvalue weighted by atomic mass is 35.5. The maximum Gasteiger partial charge on any atom is 0.261 e. The van der Waals surface area contributed by atoms with Crippen molar-refractivity contribution in [2.24, 2.45) is 5.92 Å². The van der Waals surface area contributed by atoms with Gasteiger partial charge in [0.05, 0.1) is 5.02 Å². The summed E-state index contributed by atoms with van der Waals surface area (Å²) in [5.41, 5.74) is 0. The Morgan fingerprint density at radius 1 is 1.50 bits per heavy atom. The number of nitrogens with one attached hydrogen (secondary N) is 1. The lowest BCUT2D eigenvalue weighted by Crippen LogP contribution is -2.44. The van der Waals surface area contributed by atoms with E-state index in [0.29, 0.717) is 23.1 Å². The molecule has 110 valence electrons. The summed E-state index contributed by atoms with van der Waals surface area (Å²) in [6, 6.07) is 7.12. The molecule has 0 aromatic heterocycles. The first kappa shape index (κ1) is 15.1. The average molecular weight is 298 g/mol. The Hall–Kier alpha value is -1.26. The first-order chi connectivity index (χ1) is 9.61. The van der Waals surface area contributed by atoms with Crippen molar-refractivity contribution in [2.45, 2.75) is 38.3 Å². The average Bonchev–Trinajstić information content (AvgIpc) is 3.25. The van der Waals surface area contributed by atoms with Gasteiger partial charge in [0.1, 0.15) is 5.75 Å². The van der Waals surface area contributed by atoms with E-state index in [9.17, 15) is 4.79 Å². The van der Waals surface area contributed by atoms with E-state index < -0.39 is 6.10 Å². The van der Waals surface area contributed by atoms with E-state index in [0.717, 1.165) is 12.8 Å². The van der Waals surface area contributed by atoms with Crippen molar-refractivity contribution < 1.29 is 14.6 Å². The highest BCUT2D eigenvalue weighted by molar-refractivity contribution is 6.32. The topological polar surface area (TPSA) is 58.6 Å². The molecule has 1 aromatic carbocycles. The summed E-state index contributed by atoms with van der Waals surface area (Å²) in [5.74, 6) is 0.829. The molecule has 1 saturated carbocycles. The van der Waals surface area contributed by atoms with Crippen LogP contribution in [0.3, 0.4) is 0 Å². The van der Waals surface area contributed by atoms with Gasteiger partial charge >= 0.3 is 0 Å². The standard InChI is InChI=1S/C15H20ClNO3/c1-10(20-14-5-3-2-4-12(14)16)15(19)17-13(8-9-18)11-6-7-11/h2-5,10-11,13,18H,6-9H2,1H3,(H,17,19). The van der Waals surface area contributed by atoms with Gasteiger partial charge in [-0.05, 0) is 44.2 Å². The number of ether oxygens (including phenoxy) is 1. The number of rotatable bonds is 7. The molecule has 0 bridgehead atoms. The van der Waals surface area contributed by atoms with Crippen molar-refractivity contribution in [1.82, 2.24) is 5.32 Å². The fraction of sp³-hybridized carbons (Fsp3) is 0.533. The monoisotopic (exact) mass is 297 g/mol. The van der Waals surface area contributed by atoms with Gasteiger partial charge in [0, 0.05) is 12.6 Å². The van der Waals surface area contributed by atoms with Crippen molar-refractivity contribution in [3.05, 3.63) is 29.3 Å². The summed E-state index contributed by atoms with van der Waals surface area (Å²) >= 11 is 6.00. The molecule has 1 fully saturated rings. The lowest BCUT2D eigenvalue weighted by atomic mass is 10.1. The summed E-state index contributed by atoms with van der Waals surface area (Å²) in [5, 5.41) is 12.5. The predicted octanol–water partition coefficient (Wildman–Crippen LogP) is 2.38. The number of amides is 1. The lowest BCUT2D eigenvalue weighted by Gasteiger charge is -2.21. The molecular weight excluding hydrogens is 278 g/mol. The van der Waals surface area contributed by atoms with Gasteiger partial charge in [-0.25, -0.2) is 0 Å². The number of carbonyl (C=O) groups excluding carboxylic acids is 1. The van der Waals surface area contributed by atoms with Crippen LogP contribution in [0.4, 0.5) is 0 Å². The van der Waals surface area contributed by atoms with Crippen LogP contribution >= 0.6 is 11.6 Å². The number of para-hydroxylation sites is 1. The third kappa shape index (κ3) is 4.12. The van der Waals surface area contributed by atoms with E-state index in [1.807, 2.05) is 12.1 Å². The molecule has 2 rings (SSSR count). The number of carbonyl (C=O) groups is 1. The molecule has 20 heavy (non-hydrogen) atoms. The van der Waals surface area contributed by atoms with Crippen LogP contribution in [0.25, 0.3) is 0 Å². The highest BCUT2D eigenvalue weighted by Crippen LogP contribution is 2.34. The second-order valence-electron chi connectivity index (χ2n) is 5.16. The molecule has 1 aliphatic rings. The molecule has 5 heteroatoms. The van der Waals surface area contributed by atoms with Crippen molar-refractivity contribution >= 4 is 17.5 Å². The van der Waals surface area contributed by atoms with Gasteiger partial charge in [0.15, 0.2) is 6.10 Å². The van der Waals surface area contributed by atoms with Gasteiger partial charge in [-0.1, -0.05) is 23.7 Å². The van der Waals surface area contributed by atoms with Gasteiger partial charge < -0.3 is 15.2 Å². The molecule has 1 aliphatic carbocycles. The quantitative estimate of drug-likeness (QED) is 0.812. The molecule has 0 radical (unpaired) electrons. The van der Waals surface area contributed by atoms with Crippen molar-refractivity contribution in [3.8, 4) is 5.75 Å². The summed E-state index contributed by atoms with van der Waals surface area (Å²) < 4.78 is 5.58. The van der Waals surface area contributed by atoms with Gasteiger partial charge in [0.2, 0.25) is 0 Å². The van der Waals surface area contributed by atoms with Crippen molar-refractivity contribution in [1.29, 1.82) is 0 Å². The molecule has 2 atom stereocenters. The minimum atomic E-state index is -0.616. The molecule has 0 spiro atoms. The fourth-order valence-corrected chi connectivity index (χ4v) is 2.33. The molecule has 2 unspecified atom stereocenters. The molecule has 0 heterocycles. The van der Waals surface area contributed by atoms with Crippen LogP contribution in [-0.4, -0.2) is 29.8 Å². The number of aliphatic hydroxyl groups excluding tert-OH is 1.